The van der Waals surface area contributed by atoms with E-state index < -0.39 is 8.07 Å². The molecule has 0 radical (unpaired) electrons. The number of hydrogen-bond acceptors (Lipinski definition) is 3. The Morgan fingerprint density at radius 3 is 2.47 bits per heavy atom. The van der Waals surface area contributed by atoms with Gasteiger partial charge >= 0.3 is 0 Å². The van der Waals surface area contributed by atoms with Crippen LogP contribution in [0.5, 0.6) is 0 Å². The first-order valence-corrected chi connectivity index (χ1v) is 17.3. The van der Waals surface area contributed by atoms with Gasteiger partial charge in [0.25, 0.3) is 6.71 Å². The van der Waals surface area contributed by atoms with Gasteiger partial charge in [-0.15, -0.1) is 0 Å². The van der Waals surface area contributed by atoms with Gasteiger partial charge in [-0.25, -0.2) is 0 Å². The molecule has 7 rings (SSSR count). The summed E-state index contributed by atoms with van der Waals surface area (Å²) in [5.41, 5.74) is 13.8. The molecule has 3 aliphatic rings. The zero-order chi connectivity index (χ0) is 26.9. The minimum absolute atomic E-state index is 0.0969. The minimum Gasteiger partial charge on any atom is -0.470 e. The smallest absolute Gasteiger partial charge is 0.291 e. The number of furan rings is 1. The lowest BCUT2D eigenvalue weighted by molar-refractivity contribution is 0.590. The van der Waals surface area contributed by atoms with Crippen LogP contribution in [0.2, 0.25) is 13.1 Å². The quantitative estimate of drug-likeness (QED) is 0.363. The predicted molar refractivity (Wildman–Crippen MR) is 168 cm³/mol. The molecule has 3 aliphatic heterocycles. The second kappa shape index (κ2) is 7.59. The molecule has 5 heteroatoms. The van der Waals surface area contributed by atoms with Crippen molar-refractivity contribution in [2.45, 2.75) is 65.5 Å². The molecule has 3 nitrogen and oxygen atoms in total. The number of anilines is 3. The first-order chi connectivity index (χ1) is 17.9. The van der Waals surface area contributed by atoms with E-state index >= 15 is 0 Å². The lowest BCUT2D eigenvalue weighted by Crippen LogP contribution is -2.77. The molecule has 3 aromatic carbocycles. The van der Waals surface area contributed by atoms with E-state index in [2.05, 4.69) is 114 Å². The van der Waals surface area contributed by atoms with Crippen LogP contribution < -0.4 is 36.8 Å². The molecule has 0 saturated heterocycles. The van der Waals surface area contributed by atoms with Crippen LogP contribution in [-0.4, -0.2) is 35.4 Å². The van der Waals surface area contributed by atoms with Crippen LogP contribution >= 0.6 is 0 Å². The maximum Gasteiger partial charge on any atom is 0.291 e. The van der Waals surface area contributed by atoms with Crippen LogP contribution in [0.4, 0.5) is 17.1 Å². The SMILES string of the molecule is CC(C)c1cc2c3c(c1)B1c4oc5ccc(C(C)(C)C)cc5c4[Si](C)(C)c4cc(N(C)C)cc(c41)N3CC2. The molecule has 0 saturated carbocycles. The third-order valence-corrected chi connectivity index (χ3v) is 13.0. The van der Waals surface area contributed by atoms with Crippen molar-refractivity contribution in [1.82, 2.24) is 0 Å². The summed E-state index contributed by atoms with van der Waals surface area (Å²) in [5.74, 6) is 0.501. The lowest BCUT2D eigenvalue weighted by atomic mass is 9.36. The third-order valence-electron chi connectivity index (χ3n) is 9.47. The van der Waals surface area contributed by atoms with Gasteiger partial charge in [0.1, 0.15) is 13.7 Å². The summed E-state index contributed by atoms with van der Waals surface area (Å²) in [6, 6.07) is 16.9. The van der Waals surface area contributed by atoms with Gasteiger partial charge in [-0.05, 0) is 74.8 Å². The number of benzene rings is 3. The second-order valence-electron chi connectivity index (χ2n) is 13.9. The van der Waals surface area contributed by atoms with E-state index in [0.29, 0.717) is 5.92 Å². The normalized spacial score (nSPS) is 16.7. The Hall–Kier alpha value is -2.92. The van der Waals surface area contributed by atoms with Crippen LogP contribution in [0.3, 0.4) is 0 Å². The van der Waals surface area contributed by atoms with Gasteiger partial charge < -0.3 is 14.2 Å². The number of rotatable bonds is 2. The van der Waals surface area contributed by atoms with E-state index in [4.69, 9.17) is 4.42 Å². The number of hydrogen-bond donors (Lipinski definition) is 0. The first kappa shape index (κ1) is 24.1. The molecule has 4 heterocycles. The van der Waals surface area contributed by atoms with Crippen LogP contribution in [0.15, 0.2) is 46.9 Å². The van der Waals surface area contributed by atoms with Gasteiger partial charge in [0.2, 0.25) is 0 Å². The summed E-state index contributed by atoms with van der Waals surface area (Å²) >= 11 is 0. The van der Waals surface area contributed by atoms with Gasteiger partial charge in [-0.3, -0.25) is 0 Å². The summed E-state index contributed by atoms with van der Waals surface area (Å²) in [7, 11) is 2.27. The highest BCUT2D eigenvalue weighted by molar-refractivity contribution is 7.15. The zero-order valence-electron chi connectivity index (χ0n) is 24.4. The first-order valence-electron chi connectivity index (χ1n) is 14.3. The summed E-state index contributed by atoms with van der Waals surface area (Å²) in [6.07, 6.45) is 1.11. The van der Waals surface area contributed by atoms with Crippen LogP contribution in [0.1, 0.15) is 57.2 Å². The topological polar surface area (TPSA) is 19.6 Å². The van der Waals surface area contributed by atoms with Crippen molar-refractivity contribution in [3.05, 3.63) is 59.2 Å². The van der Waals surface area contributed by atoms with Crippen molar-refractivity contribution in [3.63, 3.8) is 0 Å². The van der Waals surface area contributed by atoms with Gasteiger partial charge in [0.15, 0.2) is 0 Å². The van der Waals surface area contributed by atoms with Crippen molar-refractivity contribution in [1.29, 1.82) is 0 Å². The van der Waals surface area contributed by atoms with Gasteiger partial charge in [0.05, 0.1) is 5.66 Å². The fourth-order valence-corrected chi connectivity index (χ4v) is 10.7. The number of fused-ring (bicyclic) bond motifs is 6. The Morgan fingerprint density at radius 1 is 1.03 bits per heavy atom. The van der Waals surface area contributed by atoms with Crippen molar-refractivity contribution in [2.75, 3.05) is 30.4 Å². The molecule has 38 heavy (non-hydrogen) atoms. The Labute approximate surface area is 228 Å². The monoisotopic (exact) mass is 518 g/mol. The maximum atomic E-state index is 6.98. The molecule has 194 valence electrons. The van der Waals surface area contributed by atoms with Crippen molar-refractivity contribution in [3.8, 4) is 0 Å². The van der Waals surface area contributed by atoms with Gasteiger partial charge in [0, 0.05) is 43.1 Å². The average molecular weight is 519 g/mol. The summed E-state index contributed by atoms with van der Waals surface area (Å²) < 4.78 is 6.98. The average Bonchev–Trinajstić information content (AvgIpc) is 3.45. The fraction of sp³-hybridized carbons (Fsp3) is 0.394. The molecule has 0 N–H and O–H groups in total. The molecular weight excluding hydrogens is 479 g/mol. The van der Waals surface area contributed by atoms with E-state index in [-0.39, 0.29) is 12.1 Å². The number of nitrogens with zero attached hydrogens (tertiary/aromatic N) is 2. The van der Waals surface area contributed by atoms with Crippen molar-refractivity contribution < 1.29 is 4.42 Å². The van der Waals surface area contributed by atoms with Gasteiger partial charge in [-0.1, -0.05) is 71.1 Å². The Balaban J connectivity index is 1.62. The molecule has 0 atom stereocenters. The van der Waals surface area contributed by atoms with Crippen LogP contribution in [0.25, 0.3) is 11.0 Å². The highest BCUT2D eigenvalue weighted by Gasteiger charge is 2.51. The Morgan fingerprint density at radius 2 is 1.79 bits per heavy atom. The zero-order valence-corrected chi connectivity index (χ0v) is 25.4. The largest absolute Gasteiger partial charge is 0.470 e. The van der Waals surface area contributed by atoms with Gasteiger partial charge in [-0.2, -0.15) is 0 Å². The van der Waals surface area contributed by atoms with E-state index in [1.165, 1.54) is 60.9 Å². The standard InChI is InChI=1S/C33H39BN2OSi/c1-19(2)21-14-20-12-13-36-26-17-23(35(6)7)18-28-29(26)34(25(15-21)30(20)36)32-31(38(28,8)9)24-16-22(33(3,4)5)10-11-27(24)37-32/h10-11,14-19H,12-13H2,1-9H3. The molecule has 1 aromatic heterocycles. The van der Waals surface area contributed by atoms with Crippen molar-refractivity contribution in [2.24, 2.45) is 0 Å². The molecule has 0 aliphatic carbocycles. The summed E-state index contributed by atoms with van der Waals surface area (Å²) in [4.78, 5) is 4.91. The van der Waals surface area contributed by atoms with E-state index in [1.54, 1.807) is 5.19 Å². The Kier molecular flexibility index (Phi) is 4.83. The fourth-order valence-electron chi connectivity index (χ4n) is 7.32. The molecule has 0 fully saturated rings. The molecule has 0 amide bonds. The third kappa shape index (κ3) is 3.08. The minimum atomic E-state index is -2.09. The molecule has 0 spiro atoms. The maximum absolute atomic E-state index is 6.98. The van der Waals surface area contributed by atoms with E-state index in [1.807, 2.05) is 0 Å². The molecular formula is C33H39BN2OSi. The lowest BCUT2D eigenvalue weighted by Gasteiger charge is -2.42. The second-order valence-corrected chi connectivity index (χ2v) is 18.1. The molecule has 0 unspecified atom stereocenters. The van der Waals surface area contributed by atoms with E-state index in [9.17, 15) is 0 Å². The highest BCUT2D eigenvalue weighted by atomic mass is 28.3. The Bertz CT molecular complexity index is 1660. The highest BCUT2D eigenvalue weighted by Crippen LogP contribution is 2.40. The molecule has 4 aromatic rings. The van der Waals surface area contributed by atoms with Crippen molar-refractivity contribution >= 4 is 69.8 Å². The van der Waals surface area contributed by atoms with E-state index in [0.717, 1.165) is 18.5 Å². The molecule has 0 bridgehead atoms. The predicted octanol–water partition coefficient (Wildman–Crippen LogP) is 4.58. The summed E-state index contributed by atoms with van der Waals surface area (Å²) in [5, 5.41) is 4.42. The van der Waals surface area contributed by atoms with Crippen LogP contribution in [0, 0.1) is 0 Å². The summed E-state index contributed by atoms with van der Waals surface area (Å²) in [6.45, 7) is 17.9. The van der Waals surface area contributed by atoms with Crippen LogP contribution in [-0.2, 0) is 11.8 Å².